The van der Waals surface area contributed by atoms with E-state index >= 15 is 0 Å². The van der Waals surface area contributed by atoms with Gasteiger partial charge in [-0.3, -0.25) is 14.2 Å². The van der Waals surface area contributed by atoms with E-state index < -0.39 is 18.0 Å². The summed E-state index contributed by atoms with van der Waals surface area (Å²) in [5.74, 6) is -0.322. The molecule has 0 amide bonds. The van der Waals surface area contributed by atoms with Crippen LogP contribution < -0.4 is 24.4 Å². The predicted octanol–water partition coefficient (Wildman–Crippen LogP) is 3.40. The summed E-state index contributed by atoms with van der Waals surface area (Å²) in [5.41, 5.74) is 2.14. The maximum absolute atomic E-state index is 13.6. The molecule has 0 radical (unpaired) electrons. The lowest BCUT2D eigenvalue weighted by Gasteiger charge is -2.21. The van der Waals surface area contributed by atoms with Gasteiger partial charge in [0.2, 0.25) is 0 Å². The van der Waals surface area contributed by atoms with Crippen LogP contribution in [0, 0.1) is 0 Å². The van der Waals surface area contributed by atoms with Crippen LogP contribution in [0.4, 0.5) is 0 Å². The Morgan fingerprint density at radius 2 is 1.86 bits per heavy atom. The molecule has 1 aromatic heterocycles. The molecule has 8 nitrogen and oxygen atoms in total. The minimum absolute atomic E-state index is 0.209. The van der Waals surface area contributed by atoms with Crippen molar-refractivity contribution < 1.29 is 23.8 Å². The highest BCUT2D eigenvalue weighted by atomic mass is 32.1. The standard InChI is InChI=1S/C28H26N2O6S/c1-5-35-27(33)25-17(2)29-28-30(21(25)13-11-19-9-7-6-8-10-19)26(32)24(37-28)16-20-12-14-22(36-18(3)31)23(15-20)34-4/h6-16,21H,5H2,1-4H3/b13-11+,24-16-. The van der Waals surface area contributed by atoms with Gasteiger partial charge in [-0.25, -0.2) is 9.79 Å². The van der Waals surface area contributed by atoms with Crippen molar-refractivity contribution in [3.05, 3.63) is 96.7 Å². The van der Waals surface area contributed by atoms with Crippen molar-refractivity contribution in [2.24, 2.45) is 4.99 Å². The molecular formula is C28H26N2O6S. The fraction of sp³-hybridized carbons (Fsp3) is 0.214. The van der Waals surface area contributed by atoms with Crippen molar-refractivity contribution in [3.63, 3.8) is 0 Å². The van der Waals surface area contributed by atoms with E-state index in [0.29, 0.717) is 31.9 Å². The van der Waals surface area contributed by atoms with E-state index in [1.807, 2.05) is 42.5 Å². The van der Waals surface area contributed by atoms with Crippen LogP contribution in [0.2, 0.25) is 0 Å². The van der Waals surface area contributed by atoms with E-state index in [9.17, 15) is 14.4 Å². The minimum atomic E-state index is -0.682. The maximum atomic E-state index is 13.6. The molecule has 0 spiro atoms. The predicted molar refractivity (Wildman–Crippen MR) is 141 cm³/mol. The van der Waals surface area contributed by atoms with Crippen molar-refractivity contribution >= 4 is 35.4 Å². The lowest BCUT2D eigenvalue weighted by molar-refractivity contribution is -0.139. The molecule has 37 heavy (non-hydrogen) atoms. The van der Waals surface area contributed by atoms with Crippen LogP contribution in [0.5, 0.6) is 11.5 Å². The molecule has 2 aromatic carbocycles. The Morgan fingerprint density at radius 1 is 1.11 bits per heavy atom. The number of carbonyl (C=O) groups is 2. The molecule has 3 aromatic rings. The SMILES string of the molecule is CCOC(=O)C1=C(C)N=c2s/c(=C\c3ccc(OC(C)=O)c(OC)c3)c(=O)n2C1/C=C/c1ccccc1. The summed E-state index contributed by atoms with van der Waals surface area (Å²) >= 11 is 1.22. The van der Waals surface area contributed by atoms with Gasteiger partial charge < -0.3 is 14.2 Å². The molecule has 0 saturated heterocycles. The first-order chi connectivity index (χ1) is 17.8. The quantitative estimate of drug-likeness (QED) is 0.351. The van der Waals surface area contributed by atoms with Crippen molar-refractivity contribution in [2.75, 3.05) is 13.7 Å². The zero-order chi connectivity index (χ0) is 26.5. The number of hydrogen-bond donors (Lipinski definition) is 0. The van der Waals surface area contributed by atoms with Gasteiger partial charge in [-0.05, 0) is 43.2 Å². The monoisotopic (exact) mass is 518 g/mol. The molecule has 4 rings (SSSR count). The molecule has 0 N–H and O–H groups in total. The van der Waals surface area contributed by atoms with Crippen LogP contribution in [0.25, 0.3) is 12.2 Å². The number of hydrogen-bond acceptors (Lipinski definition) is 8. The molecule has 0 fully saturated rings. The molecule has 1 aliphatic heterocycles. The van der Waals surface area contributed by atoms with Gasteiger partial charge >= 0.3 is 11.9 Å². The fourth-order valence-electron chi connectivity index (χ4n) is 3.95. The lowest BCUT2D eigenvalue weighted by atomic mass is 10.0. The molecule has 9 heteroatoms. The normalized spacial score (nSPS) is 15.4. The van der Waals surface area contributed by atoms with E-state index in [1.54, 1.807) is 38.1 Å². The summed E-state index contributed by atoms with van der Waals surface area (Å²) in [4.78, 5) is 42.9. The first-order valence-electron chi connectivity index (χ1n) is 11.6. The molecular weight excluding hydrogens is 492 g/mol. The number of thiazole rings is 1. The molecule has 0 bridgehead atoms. The zero-order valence-electron chi connectivity index (χ0n) is 20.9. The zero-order valence-corrected chi connectivity index (χ0v) is 21.7. The molecule has 190 valence electrons. The van der Waals surface area contributed by atoms with Gasteiger partial charge in [0.05, 0.1) is 35.6 Å². The first-order valence-corrected chi connectivity index (χ1v) is 12.4. The first kappa shape index (κ1) is 25.8. The van der Waals surface area contributed by atoms with E-state index in [1.165, 1.54) is 29.9 Å². The van der Waals surface area contributed by atoms with Crippen LogP contribution >= 0.6 is 11.3 Å². The van der Waals surface area contributed by atoms with E-state index in [4.69, 9.17) is 14.2 Å². The second-order valence-corrected chi connectivity index (χ2v) is 9.13. The summed E-state index contributed by atoms with van der Waals surface area (Å²) < 4.78 is 17.7. The Morgan fingerprint density at radius 3 is 2.54 bits per heavy atom. The molecule has 1 atom stereocenters. The van der Waals surface area contributed by atoms with E-state index in [0.717, 1.165) is 5.56 Å². The maximum Gasteiger partial charge on any atom is 0.338 e. The molecule has 1 aliphatic rings. The van der Waals surface area contributed by atoms with Crippen molar-refractivity contribution in [1.82, 2.24) is 4.57 Å². The summed E-state index contributed by atoms with van der Waals surface area (Å²) in [6, 6.07) is 14.0. The number of rotatable bonds is 7. The van der Waals surface area contributed by atoms with Gasteiger partial charge in [0.15, 0.2) is 16.3 Å². The van der Waals surface area contributed by atoms with E-state index in [-0.39, 0.29) is 17.9 Å². The second-order valence-electron chi connectivity index (χ2n) is 8.12. The number of esters is 2. The Kier molecular flexibility index (Phi) is 7.83. The molecule has 0 aliphatic carbocycles. The summed E-state index contributed by atoms with van der Waals surface area (Å²) in [7, 11) is 1.47. The van der Waals surface area contributed by atoms with Gasteiger partial charge in [-0.15, -0.1) is 0 Å². The molecule has 1 unspecified atom stereocenters. The van der Waals surface area contributed by atoms with Crippen LogP contribution in [-0.2, 0) is 14.3 Å². The summed E-state index contributed by atoms with van der Waals surface area (Å²) in [6.45, 7) is 4.99. The Balaban J connectivity index is 1.83. The average molecular weight is 519 g/mol. The number of allylic oxidation sites excluding steroid dienone is 2. The number of fused-ring (bicyclic) bond motifs is 1. The fourth-order valence-corrected chi connectivity index (χ4v) is 5.00. The topological polar surface area (TPSA) is 96.2 Å². The van der Waals surface area contributed by atoms with Crippen molar-refractivity contribution in [1.29, 1.82) is 0 Å². The number of benzene rings is 2. The third kappa shape index (κ3) is 5.62. The van der Waals surface area contributed by atoms with Gasteiger partial charge in [0.25, 0.3) is 5.56 Å². The van der Waals surface area contributed by atoms with Gasteiger partial charge in [-0.1, -0.05) is 59.9 Å². The third-order valence-corrected chi connectivity index (χ3v) is 6.55. The number of ether oxygens (including phenoxy) is 3. The second kappa shape index (κ2) is 11.2. The largest absolute Gasteiger partial charge is 0.493 e. The number of carbonyl (C=O) groups excluding carboxylic acids is 2. The molecule has 0 saturated carbocycles. The van der Waals surface area contributed by atoms with Crippen LogP contribution in [0.1, 0.15) is 37.9 Å². The number of methoxy groups -OCH3 is 1. The average Bonchev–Trinajstić information content (AvgIpc) is 3.17. The van der Waals surface area contributed by atoms with Crippen LogP contribution in [-0.4, -0.2) is 30.2 Å². The third-order valence-electron chi connectivity index (χ3n) is 5.57. The minimum Gasteiger partial charge on any atom is -0.493 e. The molecule has 2 heterocycles. The van der Waals surface area contributed by atoms with Crippen LogP contribution in [0.15, 0.2) is 75.7 Å². The highest BCUT2D eigenvalue weighted by Gasteiger charge is 2.30. The Hall–Kier alpha value is -4.24. The van der Waals surface area contributed by atoms with Crippen LogP contribution in [0.3, 0.4) is 0 Å². The number of aromatic nitrogens is 1. The van der Waals surface area contributed by atoms with E-state index in [2.05, 4.69) is 4.99 Å². The highest BCUT2D eigenvalue weighted by Crippen LogP contribution is 2.29. The smallest absolute Gasteiger partial charge is 0.338 e. The summed E-state index contributed by atoms with van der Waals surface area (Å²) in [5, 5.41) is 0. The Bertz CT molecular complexity index is 1580. The van der Waals surface area contributed by atoms with Crippen molar-refractivity contribution in [3.8, 4) is 11.5 Å². The summed E-state index contributed by atoms with van der Waals surface area (Å²) in [6.07, 6.45) is 5.40. The highest BCUT2D eigenvalue weighted by molar-refractivity contribution is 7.07. The van der Waals surface area contributed by atoms with Gasteiger partial charge in [0, 0.05) is 6.92 Å². The number of nitrogens with zero attached hydrogens (tertiary/aromatic N) is 2. The van der Waals surface area contributed by atoms with Gasteiger partial charge in [-0.2, -0.15) is 0 Å². The Labute approximate surface area is 217 Å². The lowest BCUT2D eigenvalue weighted by Crippen LogP contribution is -2.38. The van der Waals surface area contributed by atoms with Gasteiger partial charge in [0.1, 0.15) is 0 Å². The van der Waals surface area contributed by atoms with Crippen molar-refractivity contribution in [2.45, 2.75) is 26.8 Å².